The van der Waals surface area contributed by atoms with Crippen LogP contribution in [0.2, 0.25) is 0 Å². The smallest absolute Gasteiger partial charge is 0.256 e. The predicted molar refractivity (Wildman–Crippen MR) is 182 cm³/mol. The van der Waals surface area contributed by atoms with Gasteiger partial charge in [-0.15, -0.1) is 12.4 Å². The molecule has 8 rings (SSSR count). The SMILES string of the molecule is COc1ccc(C2=NO[C@]3(CCOC3)C2)cc1OC1CCCC1.Cl.O=C(NCC1[C@H]2CNC[C@@H]12)[C@](O)(c1ccccc1)C1CCCC1. The zero-order valence-corrected chi connectivity index (χ0v) is 28.3. The lowest BCUT2D eigenvalue weighted by atomic mass is 9.79. The first-order chi connectivity index (χ1) is 22.5. The Morgan fingerprint density at radius 1 is 1.04 bits per heavy atom. The number of hydrogen-bond acceptors (Lipinski definition) is 8. The van der Waals surface area contributed by atoms with Gasteiger partial charge in [-0.05, 0) is 93.1 Å². The molecule has 3 aliphatic heterocycles. The molecule has 2 aromatic carbocycles. The van der Waals surface area contributed by atoms with Gasteiger partial charge in [0, 0.05) is 30.9 Å². The van der Waals surface area contributed by atoms with Crippen LogP contribution in [0.5, 0.6) is 11.5 Å². The van der Waals surface area contributed by atoms with Gasteiger partial charge in [0.15, 0.2) is 22.7 Å². The van der Waals surface area contributed by atoms with Crippen LogP contribution in [0, 0.1) is 23.7 Å². The first-order valence-electron chi connectivity index (χ1n) is 17.4. The number of benzene rings is 2. The summed E-state index contributed by atoms with van der Waals surface area (Å²) in [7, 11) is 1.68. The number of amides is 1. The lowest BCUT2D eigenvalue weighted by molar-refractivity contribution is -0.147. The average molecular weight is 668 g/mol. The van der Waals surface area contributed by atoms with Crippen molar-refractivity contribution in [1.82, 2.24) is 10.6 Å². The molecular weight excluding hydrogens is 618 g/mol. The summed E-state index contributed by atoms with van der Waals surface area (Å²) >= 11 is 0. The quantitative estimate of drug-likeness (QED) is 0.330. The molecule has 1 amide bonds. The molecular formula is C37H50ClN3O6. The number of carbonyl (C=O) groups is 1. The molecule has 1 unspecified atom stereocenters. The molecule has 3 aliphatic carbocycles. The molecule has 3 heterocycles. The minimum absolute atomic E-state index is 0. The number of piperidine rings is 1. The van der Waals surface area contributed by atoms with Gasteiger partial charge in [-0.2, -0.15) is 0 Å². The molecule has 5 atom stereocenters. The van der Waals surface area contributed by atoms with Gasteiger partial charge in [-0.3, -0.25) is 4.79 Å². The van der Waals surface area contributed by atoms with E-state index >= 15 is 0 Å². The third-order valence-corrected chi connectivity index (χ3v) is 11.3. The minimum Gasteiger partial charge on any atom is -0.493 e. The lowest BCUT2D eigenvalue weighted by Gasteiger charge is -2.33. The number of nitrogens with one attached hydrogen (secondary N) is 2. The van der Waals surface area contributed by atoms with Crippen molar-refractivity contribution in [3.8, 4) is 11.5 Å². The maximum absolute atomic E-state index is 12.9. The second kappa shape index (κ2) is 14.7. The van der Waals surface area contributed by atoms with Crippen molar-refractivity contribution in [2.75, 3.05) is 40.0 Å². The Labute approximate surface area is 284 Å². The molecule has 0 bridgehead atoms. The van der Waals surface area contributed by atoms with Crippen molar-refractivity contribution in [2.24, 2.45) is 28.8 Å². The normalized spacial score (nSPS) is 29.1. The Hall–Kier alpha value is -2.85. The fourth-order valence-corrected chi connectivity index (χ4v) is 8.39. The third kappa shape index (κ3) is 7.14. The number of carbonyl (C=O) groups excluding carboxylic acids is 1. The summed E-state index contributed by atoms with van der Waals surface area (Å²) in [6.07, 6.45) is 10.8. The van der Waals surface area contributed by atoms with Crippen molar-refractivity contribution >= 4 is 24.0 Å². The molecule has 3 saturated carbocycles. The highest BCUT2D eigenvalue weighted by Crippen LogP contribution is 2.48. The molecule has 1 spiro atoms. The molecule has 256 valence electrons. The van der Waals surface area contributed by atoms with E-state index < -0.39 is 5.60 Å². The summed E-state index contributed by atoms with van der Waals surface area (Å²) in [4.78, 5) is 18.6. The second-order valence-electron chi connectivity index (χ2n) is 14.2. The maximum atomic E-state index is 12.9. The van der Waals surface area contributed by atoms with Crippen molar-refractivity contribution in [3.63, 3.8) is 0 Å². The number of aliphatic hydroxyl groups is 1. The fraction of sp³-hybridized carbons (Fsp3) is 0.622. The monoisotopic (exact) mass is 667 g/mol. The Balaban J connectivity index is 0.000000161. The minimum atomic E-state index is -1.37. The second-order valence-corrected chi connectivity index (χ2v) is 14.2. The molecule has 10 heteroatoms. The van der Waals surface area contributed by atoms with Crippen molar-refractivity contribution in [3.05, 3.63) is 59.7 Å². The Morgan fingerprint density at radius 2 is 1.77 bits per heavy atom. The van der Waals surface area contributed by atoms with Gasteiger partial charge in [0.05, 0.1) is 32.1 Å². The van der Waals surface area contributed by atoms with E-state index in [1.165, 1.54) is 12.8 Å². The Morgan fingerprint density at radius 3 is 2.45 bits per heavy atom. The summed E-state index contributed by atoms with van der Waals surface area (Å²) in [5.74, 6) is 3.48. The molecule has 6 aliphatic rings. The van der Waals surface area contributed by atoms with Crippen LogP contribution in [0.1, 0.15) is 75.3 Å². The van der Waals surface area contributed by atoms with E-state index in [1.54, 1.807) is 7.11 Å². The van der Waals surface area contributed by atoms with Crippen LogP contribution in [-0.4, -0.2) is 68.4 Å². The highest BCUT2D eigenvalue weighted by Gasteiger charge is 2.53. The number of halogens is 1. The topological polar surface area (TPSA) is 111 Å². The van der Waals surface area contributed by atoms with E-state index in [1.807, 2.05) is 48.5 Å². The molecule has 5 fully saturated rings. The van der Waals surface area contributed by atoms with Crippen LogP contribution in [-0.2, 0) is 20.0 Å². The van der Waals surface area contributed by atoms with Crippen LogP contribution >= 0.6 is 12.4 Å². The largest absolute Gasteiger partial charge is 0.493 e. The summed E-state index contributed by atoms with van der Waals surface area (Å²) in [5.41, 5.74) is 1.13. The number of nitrogens with zero attached hydrogens (tertiary/aromatic N) is 1. The number of hydrogen-bond donors (Lipinski definition) is 3. The van der Waals surface area contributed by atoms with Crippen molar-refractivity contribution in [1.29, 1.82) is 0 Å². The van der Waals surface area contributed by atoms with Crippen LogP contribution in [0.3, 0.4) is 0 Å². The van der Waals surface area contributed by atoms with Gasteiger partial charge < -0.3 is 34.8 Å². The molecule has 3 N–H and O–H groups in total. The Kier molecular flexibility index (Phi) is 10.7. The average Bonchev–Trinajstić information content (AvgIpc) is 3.86. The van der Waals surface area contributed by atoms with Gasteiger partial charge in [0.2, 0.25) is 0 Å². The molecule has 2 aromatic rings. The highest BCUT2D eigenvalue weighted by atomic mass is 35.5. The summed E-state index contributed by atoms with van der Waals surface area (Å²) in [6, 6.07) is 15.5. The van der Waals surface area contributed by atoms with E-state index in [4.69, 9.17) is 19.0 Å². The summed E-state index contributed by atoms with van der Waals surface area (Å²) in [5, 5.41) is 22.1. The number of methoxy groups -OCH3 is 1. The third-order valence-electron chi connectivity index (χ3n) is 11.3. The standard InChI is InChI=1S/C19H26N2O2.C18H23NO4.ClH/c22-18(21-12-17-15-10-20-11-16(15)17)19(23,14-8-4-5-9-14)13-6-2-1-3-7-13;1-20-16-7-6-13(10-17(16)22-14-4-2-3-5-14)15-11-18(23-19-15)8-9-21-12-18;/h1-3,6-7,14-17,20,23H,4-5,8-12H2,(H,21,22);6-7,10,14H,2-5,8-9,11-12H2,1H3;1H/t15-,16+,17?,19-;18-;/m01./s1. The first kappa shape index (κ1) is 34.0. The van der Waals surface area contributed by atoms with Crippen LogP contribution < -0.4 is 20.1 Å². The van der Waals surface area contributed by atoms with Gasteiger partial charge in [-0.25, -0.2) is 0 Å². The summed E-state index contributed by atoms with van der Waals surface area (Å²) in [6.45, 7) is 4.24. The van der Waals surface area contributed by atoms with Gasteiger partial charge in [0.1, 0.15) is 0 Å². The molecule has 9 nitrogen and oxygen atoms in total. The molecule has 47 heavy (non-hydrogen) atoms. The maximum Gasteiger partial charge on any atom is 0.256 e. The summed E-state index contributed by atoms with van der Waals surface area (Å²) < 4.78 is 17.1. The number of fused-ring (bicyclic) bond motifs is 1. The fourth-order valence-electron chi connectivity index (χ4n) is 8.39. The van der Waals surface area contributed by atoms with Gasteiger partial charge >= 0.3 is 0 Å². The molecule has 0 radical (unpaired) electrons. The van der Waals surface area contributed by atoms with E-state index in [2.05, 4.69) is 15.8 Å². The number of oxime groups is 1. The predicted octanol–water partition coefficient (Wildman–Crippen LogP) is 5.37. The van der Waals surface area contributed by atoms with Gasteiger partial charge in [-0.1, -0.05) is 48.3 Å². The first-order valence-corrected chi connectivity index (χ1v) is 17.4. The van der Waals surface area contributed by atoms with E-state index in [0.717, 1.165) is 111 Å². The van der Waals surface area contributed by atoms with E-state index in [9.17, 15) is 9.90 Å². The van der Waals surface area contributed by atoms with Crippen molar-refractivity contribution in [2.45, 2.75) is 81.5 Å². The lowest BCUT2D eigenvalue weighted by Crippen LogP contribution is -2.49. The number of rotatable bonds is 9. The Bertz CT molecular complexity index is 1380. The van der Waals surface area contributed by atoms with Crippen molar-refractivity contribution < 1.29 is 28.9 Å². The molecule has 2 saturated heterocycles. The number of ether oxygens (including phenoxy) is 3. The van der Waals surface area contributed by atoms with E-state index in [0.29, 0.717) is 25.2 Å². The highest BCUT2D eigenvalue weighted by molar-refractivity contribution is 6.02. The van der Waals surface area contributed by atoms with E-state index in [-0.39, 0.29) is 29.8 Å². The molecule has 0 aromatic heterocycles. The zero-order valence-electron chi connectivity index (χ0n) is 27.5. The van der Waals surface area contributed by atoms with Gasteiger partial charge in [0.25, 0.3) is 5.91 Å². The van der Waals surface area contributed by atoms with Crippen LogP contribution in [0.4, 0.5) is 0 Å². The van der Waals surface area contributed by atoms with Crippen LogP contribution in [0.25, 0.3) is 0 Å². The van der Waals surface area contributed by atoms with Crippen LogP contribution in [0.15, 0.2) is 53.7 Å². The zero-order chi connectivity index (χ0) is 31.6.